The fraction of sp³-hybridized carbons (Fsp3) is 0.111. The van der Waals surface area contributed by atoms with Crippen LogP contribution in [-0.2, 0) is 4.74 Å². The van der Waals surface area contributed by atoms with Gasteiger partial charge in [0.25, 0.3) is 0 Å². The van der Waals surface area contributed by atoms with Crippen LogP contribution >= 0.6 is 11.6 Å². The molecule has 7 heteroatoms. The second kappa shape index (κ2) is 4.59. The average molecular weight is 241 g/mol. The summed E-state index contributed by atoms with van der Waals surface area (Å²) >= 11 is 5.66. The van der Waals surface area contributed by atoms with Gasteiger partial charge in [-0.1, -0.05) is 11.6 Å². The molecular weight excluding hydrogens is 236 g/mol. The molecule has 0 N–H and O–H groups in total. The van der Waals surface area contributed by atoms with E-state index in [1.54, 1.807) is 6.07 Å². The summed E-state index contributed by atoms with van der Waals surface area (Å²) in [6, 6.07) is 4.02. The number of halogens is 1. The third-order valence-electron chi connectivity index (χ3n) is 1.82. The van der Waals surface area contributed by atoms with E-state index in [1.807, 2.05) is 0 Å². The van der Waals surface area contributed by atoms with Gasteiger partial charge < -0.3 is 4.74 Å². The topological polar surface area (TPSA) is 93.2 Å². The molecule has 0 saturated carbocycles. The molecule has 1 aromatic carbocycles. The van der Waals surface area contributed by atoms with Crippen LogP contribution in [0.2, 0.25) is 5.02 Å². The summed E-state index contributed by atoms with van der Waals surface area (Å²) in [4.78, 5) is 21.2. The molecule has 0 saturated heterocycles. The smallest absolute Gasteiger partial charge is 0.346 e. The van der Waals surface area contributed by atoms with Gasteiger partial charge in [0.05, 0.1) is 17.1 Å². The highest BCUT2D eigenvalue weighted by atomic mass is 35.5. The van der Waals surface area contributed by atoms with Crippen LogP contribution in [0.25, 0.3) is 0 Å². The lowest BCUT2D eigenvalue weighted by Gasteiger charge is -2.04. The molecule has 0 amide bonds. The van der Waals surface area contributed by atoms with Gasteiger partial charge in [0.2, 0.25) is 0 Å². The first-order valence-corrected chi connectivity index (χ1v) is 4.36. The molecule has 0 atom stereocenters. The first-order chi connectivity index (χ1) is 7.52. The molecule has 0 unspecified atom stereocenters. The average Bonchev–Trinajstić information content (AvgIpc) is 2.27. The third-order valence-corrected chi connectivity index (χ3v) is 2.13. The lowest BCUT2D eigenvalue weighted by Crippen LogP contribution is -2.08. The van der Waals surface area contributed by atoms with E-state index in [4.69, 9.17) is 16.9 Å². The quantitative estimate of drug-likeness (QED) is 0.447. The molecule has 1 aromatic rings. The Morgan fingerprint density at radius 2 is 2.25 bits per heavy atom. The van der Waals surface area contributed by atoms with Crippen LogP contribution in [0.15, 0.2) is 12.1 Å². The Hall–Kier alpha value is -2.13. The van der Waals surface area contributed by atoms with E-state index in [-0.39, 0.29) is 10.6 Å². The summed E-state index contributed by atoms with van der Waals surface area (Å²) in [5.74, 6) is -0.950. The van der Waals surface area contributed by atoms with E-state index < -0.39 is 22.1 Å². The second-order valence-electron chi connectivity index (χ2n) is 2.68. The molecule has 0 aliphatic carbocycles. The SMILES string of the molecule is COC(=O)c1c(Cl)ccc(C#N)c1[N+](=O)[O-]. The summed E-state index contributed by atoms with van der Waals surface area (Å²) in [6.45, 7) is 0. The highest BCUT2D eigenvalue weighted by Gasteiger charge is 2.28. The first-order valence-electron chi connectivity index (χ1n) is 3.98. The van der Waals surface area contributed by atoms with Crippen molar-refractivity contribution in [2.24, 2.45) is 0 Å². The van der Waals surface area contributed by atoms with Gasteiger partial charge in [0.15, 0.2) is 5.56 Å². The van der Waals surface area contributed by atoms with E-state index >= 15 is 0 Å². The summed E-state index contributed by atoms with van der Waals surface area (Å²) in [6.07, 6.45) is 0. The van der Waals surface area contributed by atoms with E-state index in [0.29, 0.717) is 0 Å². The lowest BCUT2D eigenvalue weighted by atomic mass is 10.1. The predicted octanol–water partition coefficient (Wildman–Crippen LogP) is 1.91. The summed E-state index contributed by atoms with van der Waals surface area (Å²) in [7, 11) is 1.07. The molecule has 16 heavy (non-hydrogen) atoms. The van der Waals surface area contributed by atoms with Crippen LogP contribution in [0.3, 0.4) is 0 Å². The van der Waals surface area contributed by atoms with Gasteiger partial charge in [-0.3, -0.25) is 10.1 Å². The molecular formula is C9H5ClN2O4. The number of methoxy groups -OCH3 is 1. The number of hydrogen-bond acceptors (Lipinski definition) is 5. The molecule has 6 nitrogen and oxygen atoms in total. The fourth-order valence-electron chi connectivity index (χ4n) is 1.14. The lowest BCUT2D eigenvalue weighted by molar-refractivity contribution is -0.385. The number of carbonyl (C=O) groups is 1. The number of hydrogen-bond donors (Lipinski definition) is 0. The minimum Gasteiger partial charge on any atom is -0.465 e. The van der Waals surface area contributed by atoms with Gasteiger partial charge in [-0.25, -0.2) is 4.79 Å². The van der Waals surface area contributed by atoms with Gasteiger partial charge in [0, 0.05) is 0 Å². The maximum absolute atomic E-state index is 11.3. The Morgan fingerprint density at radius 3 is 2.69 bits per heavy atom. The van der Waals surface area contributed by atoms with Gasteiger partial charge >= 0.3 is 11.7 Å². The molecule has 0 bridgehead atoms. The van der Waals surface area contributed by atoms with Crippen molar-refractivity contribution in [1.29, 1.82) is 5.26 Å². The summed E-state index contributed by atoms with van der Waals surface area (Å²) in [5, 5.41) is 19.3. The van der Waals surface area contributed by atoms with Crippen molar-refractivity contribution in [3.8, 4) is 6.07 Å². The van der Waals surface area contributed by atoms with Crippen molar-refractivity contribution in [3.63, 3.8) is 0 Å². The number of nitro benzene ring substituents is 1. The standard InChI is InChI=1S/C9H5ClN2O4/c1-16-9(13)7-6(10)3-2-5(4-11)8(7)12(14)15/h2-3H,1H3. The molecule has 0 spiro atoms. The van der Waals surface area contributed by atoms with E-state index in [2.05, 4.69) is 4.74 Å². The Balaban J connectivity index is 3.62. The molecule has 0 fully saturated rings. The molecule has 0 radical (unpaired) electrons. The van der Waals surface area contributed by atoms with Crippen LogP contribution in [0.4, 0.5) is 5.69 Å². The van der Waals surface area contributed by atoms with Gasteiger partial charge in [-0.05, 0) is 12.1 Å². The number of nitrogens with zero attached hydrogens (tertiary/aromatic N) is 2. The first kappa shape index (κ1) is 11.9. The van der Waals surface area contributed by atoms with Crippen molar-refractivity contribution in [2.45, 2.75) is 0 Å². The van der Waals surface area contributed by atoms with Crippen LogP contribution in [0.1, 0.15) is 15.9 Å². The van der Waals surface area contributed by atoms with Crippen molar-refractivity contribution in [2.75, 3.05) is 7.11 Å². The number of ether oxygens (including phenoxy) is 1. The van der Waals surface area contributed by atoms with Crippen molar-refractivity contribution < 1.29 is 14.5 Å². The largest absolute Gasteiger partial charge is 0.465 e. The highest BCUT2D eigenvalue weighted by Crippen LogP contribution is 2.30. The number of benzene rings is 1. The van der Waals surface area contributed by atoms with Crippen LogP contribution in [0, 0.1) is 21.4 Å². The van der Waals surface area contributed by atoms with Crippen LogP contribution in [0.5, 0.6) is 0 Å². The van der Waals surface area contributed by atoms with Gasteiger partial charge in [-0.15, -0.1) is 0 Å². The van der Waals surface area contributed by atoms with E-state index in [1.165, 1.54) is 12.1 Å². The van der Waals surface area contributed by atoms with Crippen LogP contribution < -0.4 is 0 Å². The molecule has 0 heterocycles. The molecule has 0 aliphatic heterocycles. The minimum atomic E-state index is -0.950. The van der Waals surface area contributed by atoms with Gasteiger partial charge in [-0.2, -0.15) is 5.26 Å². The highest BCUT2D eigenvalue weighted by molar-refractivity contribution is 6.34. The second-order valence-corrected chi connectivity index (χ2v) is 3.09. The zero-order valence-electron chi connectivity index (χ0n) is 8.06. The van der Waals surface area contributed by atoms with Gasteiger partial charge in [0.1, 0.15) is 11.6 Å². The molecule has 1 rings (SSSR count). The predicted molar refractivity (Wildman–Crippen MR) is 54.2 cm³/mol. The number of rotatable bonds is 2. The molecule has 0 aliphatic rings. The summed E-state index contributed by atoms with van der Waals surface area (Å²) in [5.41, 5.74) is -1.29. The Labute approximate surface area is 95.2 Å². The Kier molecular flexibility index (Phi) is 3.43. The molecule has 82 valence electrons. The maximum Gasteiger partial charge on any atom is 0.346 e. The Morgan fingerprint density at radius 1 is 1.62 bits per heavy atom. The maximum atomic E-state index is 11.3. The van der Waals surface area contributed by atoms with Crippen molar-refractivity contribution in [1.82, 2.24) is 0 Å². The zero-order chi connectivity index (χ0) is 12.3. The number of nitriles is 1. The van der Waals surface area contributed by atoms with Crippen LogP contribution in [-0.4, -0.2) is 18.0 Å². The normalized spacial score (nSPS) is 9.31. The number of esters is 1. The zero-order valence-corrected chi connectivity index (χ0v) is 8.82. The van der Waals surface area contributed by atoms with Crippen molar-refractivity contribution >= 4 is 23.3 Å². The molecule has 0 aromatic heterocycles. The Bertz CT molecular complexity index is 507. The third kappa shape index (κ3) is 1.94. The fourth-order valence-corrected chi connectivity index (χ4v) is 1.37. The minimum absolute atomic E-state index is 0.127. The van der Waals surface area contributed by atoms with E-state index in [9.17, 15) is 14.9 Å². The number of nitro groups is 1. The monoisotopic (exact) mass is 240 g/mol. The van der Waals surface area contributed by atoms with Crippen molar-refractivity contribution in [3.05, 3.63) is 38.4 Å². The summed E-state index contributed by atoms with van der Waals surface area (Å²) < 4.78 is 4.37. The number of carbonyl (C=O) groups excluding carboxylic acids is 1. The van der Waals surface area contributed by atoms with E-state index in [0.717, 1.165) is 7.11 Å².